The van der Waals surface area contributed by atoms with Gasteiger partial charge in [0, 0.05) is 94.6 Å². The van der Waals surface area contributed by atoms with E-state index >= 15 is 14.4 Å². The molecule has 0 unspecified atom stereocenters. The van der Waals surface area contributed by atoms with Crippen LogP contribution in [0.5, 0.6) is 0 Å². The van der Waals surface area contributed by atoms with Gasteiger partial charge in [0.05, 0.1) is 6.61 Å². The first kappa shape index (κ1) is 69.1. The van der Waals surface area contributed by atoms with Crippen LogP contribution in [0.2, 0.25) is 0 Å². The zero-order chi connectivity index (χ0) is 64.4. The number of aliphatic imine (C=N–C) groups is 2. The summed E-state index contributed by atoms with van der Waals surface area (Å²) in [5.74, 6) is -8.12. The molecule has 3 aromatic rings. The summed E-state index contributed by atoms with van der Waals surface area (Å²) < 4.78 is 0. The molecule has 2 saturated heterocycles. The van der Waals surface area contributed by atoms with Gasteiger partial charge in [-0.1, -0.05) is 61.0 Å². The summed E-state index contributed by atoms with van der Waals surface area (Å²) in [5, 5.41) is 35.3. The van der Waals surface area contributed by atoms with Gasteiger partial charge in [0.1, 0.15) is 60.2 Å². The summed E-state index contributed by atoms with van der Waals surface area (Å²) in [6, 6.07) is 3.86. The number of rotatable bonds is 22. The third-order valence-electron chi connectivity index (χ3n) is 15.7. The van der Waals surface area contributed by atoms with Gasteiger partial charge in [0.15, 0.2) is 5.96 Å². The molecule has 89 heavy (non-hydrogen) atoms. The van der Waals surface area contributed by atoms with Crippen molar-refractivity contribution in [2.45, 2.75) is 170 Å². The van der Waals surface area contributed by atoms with Gasteiger partial charge in [-0.25, -0.2) is 0 Å². The molecule has 4 heterocycles. The fraction of sp³-hybridized carbons (Fsp3) is 0.525. The van der Waals surface area contributed by atoms with Crippen molar-refractivity contribution in [2.24, 2.45) is 27.2 Å². The van der Waals surface area contributed by atoms with Crippen molar-refractivity contribution in [1.82, 2.24) is 57.7 Å². The van der Waals surface area contributed by atoms with Gasteiger partial charge in [0.25, 0.3) is 0 Å². The molecule has 28 heteroatoms. The molecule has 10 amide bonds. The fourth-order valence-corrected chi connectivity index (χ4v) is 10.9. The summed E-state index contributed by atoms with van der Waals surface area (Å²) in [4.78, 5) is 169. The van der Waals surface area contributed by atoms with Crippen LogP contribution in [0.3, 0.4) is 0 Å². The number of aromatic amines is 1. The van der Waals surface area contributed by atoms with E-state index in [-0.39, 0.29) is 108 Å². The van der Waals surface area contributed by atoms with E-state index < -0.39 is 120 Å². The zero-order valence-electron chi connectivity index (χ0n) is 50.5. The molecule has 28 nitrogen and oxygen atoms in total. The molecule has 2 aromatic carbocycles. The molecule has 1 aromatic heterocycles. The number of aliphatic hydroxyl groups excluding tert-OH is 1. The molecule has 0 aliphatic carbocycles. The second kappa shape index (κ2) is 35.1. The highest BCUT2D eigenvalue weighted by molar-refractivity contribution is 5.99. The van der Waals surface area contributed by atoms with Crippen LogP contribution in [0.1, 0.15) is 114 Å². The molecule has 0 spiro atoms. The van der Waals surface area contributed by atoms with Crippen molar-refractivity contribution in [1.29, 1.82) is 0 Å². The number of nitrogens with two attached hydrogens (primary N) is 3. The molecule has 0 radical (unpaired) electrons. The molecule has 2 fully saturated rings. The topological polar surface area (TPSA) is 438 Å². The minimum atomic E-state index is -1.54. The summed E-state index contributed by atoms with van der Waals surface area (Å²) in [7, 11) is 1.40. The second-order valence-corrected chi connectivity index (χ2v) is 22.4. The predicted octanol–water partition coefficient (Wildman–Crippen LogP) is -1.56. The van der Waals surface area contributed by atoms with E-state index in [1.165, 1.54) is 18.9 Å². The van der Waals surface area contributed by atoms with Crippen molar-refractivity contribution in [2.75, 3.05) is 33.3 Å². The summed E-state index contributed by atoms with van der Waals surface area (Å²) in [6.45, 7) is 0.740. The fourth-order valence-electron chi connectivity index (χ4n) is 10.9. The van der Waals surface area contributed by atoms with Crippen LogP contribution < -0.4 is 65.1 Å². The SMILES string of the molecule is CNC(=O)[C@H](CCCCN)NC(=O)[C@H](CO)NC(=O)[C@@H]1CCCN1C(=O)[C@@H]1CCC(=O)CCCC[C@H](NC(C)=O)C(=O)N[C@@H](CC2=CCC=N2)C(=O)N[C@H](Cc2ccccc2)C(=O)N[C@@H](CCCN=C(N)N)C(=O)N[C@@H](Cc2c[nH]c3ccccc23)C(=O)N1. The number of H-pyrrole nitrogens is 1. The van der Waals surface area contributed by atoms with E-state index in [0.29, 0.717) is 60.0 Å². The number of carbonyl (C=O) groups excluding carboxylic acids is 11. The number of likely N-dealkylation sites (N-methyl/N-ethyl adjacent to an activating group) is 1. The molecule has 17 N–H and O–H groups in total. The van der Waals surface area contributed by atoms with Crippen molar-refractivity contribution in [3.05, 3.63) is 83.7 Å². The summed E-state index contributed by atoms with van der Waals surface area (Å²) in [6.07, 6.45) is 6.76. The largest absolute Gasteiger partial charge is 0.394 e. The Morgan fingerprint density at radius 3 is 2.09 bits per heavy atom. The number of aromatic nitrogens is 1. The first-order valence-corrected chi connectivity index (χ1v) is 30.4. The molecule has 0 saturated carbocycles. The molecule has 0 bridgehead atoms. The van der Waals surface area contributed by atoms with Crippen molar-refractivity contribution in [3.8, 4) is 0 Å². The lowest BCUT2D eigenvalue weighted by Gasteiger charge is -2.31. The highest BCUT2D eigenvalue weighted by Gasteiger charge is 2.41. The molecule has 3 aliphatic heterocycles. The van der Waals surface area contributed by atoms with Gasteiger partial charge in [0.2, 0.25) is 59.1 Å². The lowest BCUT2D eigenvalue weighted by Crippen LogP contribution is -2.61. The third-order valence-corrected chi connectivity index (χ3v) is 15.7. The molecule has 3 aliphatic rings. The highest BCUT2D eigenvalue weighted by atomic mass is 16.3. The number of unbranched alkanes of at least 4 members (excludes halogenated alkanes) is 1. The smallest absolute Gasteiger partial charge is 0.245 e. The average molecular weight is 1240 g/mol. The monoisotopic (exact) mass is 1230 g/mol. The molecule has 9 atom stereocenters. The number of ketones is 1. The van der Waals surface area contributed by atoms with Crippen LogP contribution >= 0.6 is 0 Å². The number of allylic oxidation sites excluding steroid dienone is 1. The first-order chi connectivity index (χ1) is 42.8. The van der Waals surface area contributed by atoms with E-state index in [4.69, 9.17) is 17.2 Å². The number of fused-ring (bicyclic) bond motifs is 1. The number of likely N-dealkylation sites (tertiary alicyclic amines) is 1. The van der Waals surface area contributed by atoms with Crippen LogP contribution in [0.25, 0.3) is 10.9 Å². The third kappa shape index (κ3) is 21.4. The molecule has 6 rings (SSSR count). The number of amides is 10. The molecular formula is C61H86N16O12. The number of nitrogens with one attached hydrogen (secondary N) is 10. The first-order valence-electron chi connectivity index (χ1n) is 30.4. The normalized spacial score (nSPS) is 22.4. The van der Waals surface area contributed by atoms with Crippen LogP contribution in [0.15, 0.2) is 82.6 Å². The molecular weight excluding hydrogens is 1150 g/mol. The minimum Gasteiger partial charge on any atom is -0.394 e. The highest BCUT2D eigenvalue weighted by Crippen LogP contribution is 2.23. The van der Waals surface area contributed by atoms with Crippen LogP contribution in [0.4, 0.5) is 0 Å². The van der Waals surface area contributed by atoms with E-state index in [2.05, 4.69) is 62.8 Å². The Hall–Kier alpha value is -9.05. The maximum Gasteiger partial charge on any atom is 0.245 e. The maximum atomic E-state index is 15.2. The second-order valence-electron chi connectivity index (χ2n) is 22.4. The number of Topliss-reactive ketones (excluding diaryl/α,β-unsaturated/α-hetero) is 1. The predicted molar refractivity (Wildman–Crippen MR) is 330 cm³/mol. The minimum absolute atomic E-state index is 0.00512. The Morgan fingerprint density at radius 1 is 0.730 bits per heavy atom. The van der Waals surface area contributed by atoms with Crippen molar-refractivity contribution in [3.63, 3.8) is 0 Å². The number of benzene rings is 2. The number of guanidine groups is 1. The van der Waals surface area contributed by atoms with E-state index in [9.17, 15) is 43.5 Å². The van der Waals surface area contributed by atoms with Crippen molar-refractivity contribution < 1.29 is 57.8 Å². The van der Waals surface area contributed by atoms with Crippen LogP contribution in [-0.2, 0) is 65.6 Å². The van der Waals surface area contributed by atoms with Crippen LogP contribution in [-0.4, -0.2) is 180 Å². The average Bonchev–Trinajstić information content (AvgIpc) is 2.58. The zero-order valence-corrected chi connectivity index (χ0v) is 50.5. The number of hydrogen-bond donors (Lipinski definition) is 14. The Bertz CT molecular complexity index is 3070. The van der Waals surface area contributed by atoms with Gasteiger partial charge in [-0.2, -0.15) is 0 Å². The number of carbonyl (C=O) groups is 11. The van der Waals surface area contributed by atoms with Gasteiger partial charge in [-0.05, 0) is 87.9 Å². The van der Waals surface area contributed by atoms with Crippen molar-refractivity contribution >= 4 is 87.9 Å². The number of nitrogens with zero attached hydrogens (tertiary/aromatic N) is 3. The Labute approximate surface area is 516 Å². The lowest BCUT2D eigenvalue weighted by molar-refractivity contribution is -0.143. The van der Waals surface area contributed by atoms with Crippen LogP contribution in [0, 0.1) is 0 Å². The lowest BCUT2D eigenvalue weighted by atomic mass is 10.00. The van der Waals surface area contributed by atoms with E-state index in [1.807, 2.05) is 18.2 Å². The van der Waals surface area contributed by atoms with Gasteiger partial charge < -0.3 is 80.0 Å². The quantitative estimate of drug-likeness (QED) is 0.0307. The van der Waals surface area contributed by atoms with E-state index in [0.717, 1.165) is 0 Å². The number of aliphatic hydroxyl groups is 1. The summed E-state index contributed by atoms with van der Waals surface area (Å²) in [5.41, 5.74) is 19.3. The van der Waals surface area contributed by atoms with Gasteiger partial charge in [-0.15, -0.1) is 0 Å². The Kier molecular flexibility index (Phi) is 27.2. The summed E-state index contributed by atoms with van der Waals surface area (Å²) >= 11 is 0. The van der Waals surface area contributed by atoms with Gasteiger partial charge in [-0.3, -0.25) is 62.7 Å². The maximum absolute atomic E-state index is 15.2. The van der Waals surface area contributed by atoms with E-state index in [1.54, 1.807) is 54.9 Å². The molecule has 482 valence electrons. The van der Waals surface area contributed by atoms with Gasteiger partial charge >= 0.3 is 0 Å². The number of hydrogen-bond acceptors (Lipinski definition) is 15. The standard InChI is InChI=1S/C61H86N16O12/c1-36(79)69-44-21-8-6-18-40(80)25-26-46(60(89)77-30-14-24-51(77)59(88)76-50(35-78)58(87)70-43(52(81)65-2)22-10-11-27-62)72-56(85)48(32-38-34-68-42-20-9-7-19-41(38)42)74-54(83)45(23-13-29-67-61(63)64)71-55(84)47(31-37-15-4-3-5-16-37)73-57(86)49(75-53(44)82)33-39-17-12-28-66-39/h3-5,7,9,15-17,19-20,28,34,43-51,68,78H,6,8,10-14,18,21-27,29-33,35,62H2,1-2H3,(H,65,81)(H,69,79)(H,70,87)(H,71,84)(H,72,85)(H,73,86)(H,74,83)(H,75,82)(H,76,88)(H4,63,64,67)/t43-,44-,45-,46-,47+,48-,49-,50-,51-/m0/s1. The Morgan fingerprint density at radius 2 is 1.40 bits per heavy atom. The number of para-hydroxylation sites is 1. The Balaban J connectivity index is 1.37.